The van der Waals surface area contributed by atoms with Gasteiger partial charge >= 0.3 is 0 Å². The molecule has 0 unspecified atom stereocenters. The van der Waals surface area contributed by atoms with Crippen LogP contribution in [0.3, 0.4) is 0 Å². The molecule has 2 aromatic rings. The van der Waals surface area contributed by atoms with Crippen molar-refractivity contribution in [3.8, 4) is 0 Å². The number of rotatable bonds is 4. The van der Waals surface area contributed by atoms with Gasteiger partial charge in [0.2, 0.25) is 0 Å². The van der Waals surface area contributed by atoms with Gasteiger partial charge in [-0.05, 0) is 48.2 Å². The minimum Gasteiger partial charge on any atom is -0.398 e. The summed E-state index contributed by atoms with van der Waals surface area (Å²) in [7, 11) is 0. The first kappa shape index (κ1) is 14.6. The SMILES string of the molecule is CCc1ccc(C(=O)c2ccc(Cl)c(N)c2)cc1CC. The Labute approximate surface area is 124 Å². The summed E-state index contributed by atoms with van der Waals surface area (Å²) in [6, 6.07) is 10.9. The zero-order valence-electron chi connectivity index (χ0n) is 11.7. The summed E-state index contributed by atoms with van der Waals surface area (Å²) < 4.78 is 0. The molecule has 2 aromatic carbocycles. The number of anilines is 1. The summed E-state index contributed by atoms with van der Waals surface area (Å²) in [5.74, 6) is -0.0225. The van der Waals surface area contributed by atoms with Crippen LogP contribution in [0.25, 0.3) is 0 Å². The molecule has 0 aliphatic heterocycles. The summed E-state index contributed by atoms with van der Waals surface area (Å²) >= 11 is 5.88. The zero-order chi connectivity index (χ0) is 14.7. The van der Waals surface area contributed by atoms with Gasteiger partial charge in [0.25, 0.3) is 0 Å². The van der Waals surface area contributed by atoms with Crippen molar-refractivity contribution < 1.29 is 4.79 Å². The highest BCUT2D eigenvalue weighted by Gasteiger charge is 2.12. The van der Waals surface area contributed by atoms with Crippen molar-refractivity contribution in [3.63, 3.8) is 0 Å². The van der Waals surface area contributed by atoms with E-state index in [9.17, 15) is 4.79 Å². The largest absolute Gasteiger partial charge is 0.398 e. The van der Waals surface area contributed by atoms with Gasteiger partial charge in [-0.2, -0.15) is 0 Å². The van der Waals surface area contributed by atoms with Crippen LogP contribution >= 0.6 is 11.6 Å². The van der Waals surface area contributed by atoms with E-state index in [0.717, 1.165) is 12.8 Å². The Bertz CT molecular complexity index is 649. The highest BCUT2D eigenvalue weighted by Crippen LogP contribution is 2.22. The minimum atomic E-state index is -0.0225. The summed E-state index contributed by atoms with van der Waals surface area (Å²) in [6.45, 7) is 4.22. The normalized spacial score (nSPS) is 10.6. The Morgan fingerprint density at radius 3 is 2.20 bits per heavy atom. The molecule has 0 saturated heterocycles. The van der Waals surface area contributed by atoms with Crippen LogP contribution in [0.4, 0.5) is 5.69 Å². The third-order valence-corrected chi connectivity index (χ3v) is 3.83. The Balaban J connectivity index is 2.40. The monoisotopic (exact) mass is 287 g/mol. The lowest BCUT2D eigenvalue weighted by Gasteiger charge is -2.09. The lowest BCUT2D eigenvalue weighted by atomic mass is 9.96. The maximum atomic E-state index is 12.5. The molecule has 0 aliphatic rings. The Hall–Kier alpha value is -1.80. The molecule has 0 spiro atoms. The second-order valence-corrected chi connectivity index (χ2v) is 5.16. The molecule has 0 bridgehead atoms. The molecule has 3 heteroatoms. The van der Waals surface area contributed by atoms with Crippen LogP contribution < -0.4 is 5.73 Å². The number of hydrogen-bond acceptors (Lipinski definition) is 2. The average molecular weight is 288 g/mol. The molecule has 0 saturated carbocycles. The van der Waals surface area contributed by atoms with E-state index in [0.29, 0.717) is 21.8 Å². The van der Waals surface area contributed by atoms with Crippen molar-refractivity contribution in [2.24, 2.45) is 0 Å². The average Bonchev–Trinajstić information content (AvgIpc) is 2.48. The summed E-state index contributed by atoms with van der Waals surface area (Å²) in [5, 5.41) is 0.470. The van der Waals surface area contributed by atoms with Crippen LogP contribution in [0, 0.1) is 0 Å². The lowest BCUT2D eigenvalue weighted by Crippen LogP contribution is -2.04. The van der Waals surface area contributed by atoms with Gasteiger partial charge in [-0.1, -0.05) is 37.6 Å². The van der Waals surface area contributed by atoms with E-state index in [-0.39, 0.29) is 5.78 Å². The van der Waals surface area contributed by atoms with Gasteiger partial charge in [0.1, 0.15) is 0 Å². The topological polar surface area (TPSA) is 43.1 Å². The van der Waals surface area contributed by atoms with Gasteiger partial charge in [0.05, 0.1) is 10.7 Å². The molecule has 0 atom stereocenters. The van der Waals surface area contributed by atoms with E-state index in [4.69, 9.17) is 17.3 Å². The number of hydrogen-bond donors (Lipinski definition) is 1. The summed E-state index contributed by atoms with van der Waals surface area (Å²) in [4.78, 5) is 12.5. The predicted molar refractivity (Wildman–Crippen MR) is 84.5 cm³/mol. The van der Waals surface area contributed by atoms with Crippen LogP contribution in [0.5, 0.6) is 0 Å². The van der Waals surface area contributed by atoms with Gasteiger partial charge in [-0.25, -0.2) is 0 Å². The van der Waals surface area contributed by atoms with Gasteiger partial charge in [-0.3, -0.25) is 4.79 Å². The maximum absolute atomic E-state index is 12.5. The fourth-order valence-corrected chi connectivity index (χ4v) is 2.41. The van der Waals surface area contributed by atoms with Crippen LogP contribution in [0.1, 0.15) is 40.9 Å². The summed E-state index contributed by atoms with van der Waals surface area (Å²) in [6.07, 6.45) is 1.90. The Morgan fingerprint density at radius 1 is 1.00 bits per heavy atom. The highest BCUT2D eigenvalue weighted by atomic mass is 35.5. The second kappa shape index (κ2) is 6.10. The lowest BCUT2D eigenvalue weighted by molar-refractivity contribution is 0.103. The number of benzene rings is 2. The van der Waals surface area contributed by atoms with Gasteiger partial charge in [-0.15, -0.1) is 0 Å². The molecule has 2 rings (SSSR count). The van der Waals surface area contributed by atoms with Crippen LogP contribution in [0.2, 0.25) is 5.02 Å². The summed E-state index contributed by atoms with van der Waals surface area (Å²) in [5.41, 5.74) is 9.96. The number of nitrogens with two attached hydrogens (primary N) is 1. The quantitative estimate of drug-likeness (QED) is 0.674. The standard InChI is InChI=1S/C17H18ClNO/c1-3-11-5-6-13(9-12(11)4-2)17(20)14-7-8-15(18)16(19)10-14/h5-10H,3-4,19H2,1-2H3. The number of carbonyl (C=O) groups excluding carboxylic acids is 1. The van der Waals surface area contributed by atoms with Gasteiger partial charge < -0.3 is 5.73 Å². The Kier molecular flexibility index (Phi) is 4.46. The predicted octanol–water partition coefficient (Wildman–Crippen LogP) is 4.28. The number of halogens is 1. The Morgan fingerprint density at radius 2 is 1.60 bits per heavy atom. The van der Waals surface area contributed by atoms with E-state index in [1.807, 2.05) is 18.2 Å². The van der Waals surface area contributed by atoms with Crippen LogP contribution in [-0.4, -0.2) is 5.78 Å². The number of ketones is 1. The van der Waals surface area contributed by atoms with Crippen molar-refractivity contribution in [1.29, 1.82) is 0 Å². The maximum Gasteiger partial charge on any atom is 0.193 e. The van der Waals surface area contributed by atoms with Crippen molar-refractivity contribution in [2.75, 3.05) is 5.73 Å². The fourth-order valence-electron chi connectivity index (χ4n) is 2.29. The van der Waals surface area contributed by atoms with E-state index >= 15 is 0 Å². The number of carbonyl (C=O) groups is 1. The zero-order valence-corrected chi connectivity index (χ0v) is 12.5. The van der Waals surface area contributed by atoms with Gasteiger partial charge in [0.15, 0.2) is 5.78 Å². The van der Waals surface area contributed by atoms with E-state index < -0.39 is 0 Å². The third kappa shape index (κ3) is 2.86. The molecular formula is C17H18ClNO. The molecule has 0 radical (unpaired) electrons. The van der Waals surface area contributed by atoms with Crippen LogP contribution in [0.15, 0.2) is 36.4 Å². The minimum absolute atomic E-state index is 0.0225. The van der Waals surface area contributed by atoms with E-state index in [2.05, 4.69) is 13.8 Å². The first-order valence-corrected chi connectivity index (χ1v) is 7.16. The first-order valence-electron chi connectivity index (χ1n) is 6.78. The third-order valence-electron chi connectivity index (χ3n) is 3.49. The molecule has 0 aliphatic carbocycles. The molecule has 0 aromatic heterocycles. The highest BCUT2D eigenvalue weighted by molar-refractivity contribution is 6.33. The second-order valence-electron chi connectivity index (χ2n) is 4.76. The van der Waals surface area contributed by atoms with Crippen molar-refractivity contribution in [1.82, 2.24) is 0 Å². The van der Waals surface area contributed by atoms with E-state index in [1.54, 1.807) is 18.2 Å². The number of nitrogen functional groups attached to an aromatic ring is 1. The molecule has 0 heterocycles. The van der Waals surface area contributed by atoms with E-state index in [1.165, 1.54) is 11.1 Å². The van der Waals surface area contributed by atoms with Crippen LogP contribution in [-0.2, 0) is 12.8 Å². The number of aryl methyl sites for hydroxylation is 2. The van der Waals surface area contributed by atoms with Crippen molar-refractivity contribution in [3.05, 3.63) is 63.7 Å². The fraction of sp³-hybridized carbons (Fsp3) is 0.235. The molecule has 2 N–H and O–H groups in total. The molecular weight excluding hydrogens is 270 g/mol. The molecule has 0 amide bonds. The molecule has 20 heavy (non-hydrogen) atoms. The smallest absolute Gasteiger partial charge is 0.193 e. The first-order chi connectivity index (χ1) is 9.56. The van der Waals surface area contributed by atoms with Crippen molar-refractivity contribution >= 4 is 23.1 Å². The van der Waals surface area contributed by atoms with Crippen molar-refractivity contribution in [2.45, 2.75) is 26.7 Å². The molecule has 2 nitrogen and oxygen atoms in total. The van der Waals surface area contributed by atoms with Gasteiger partial charge in [0, 0.05) is 11.1 Å². The molecule has 0 fully saturated rings. The molecule has 104 valence electrons.